The van der Waals surface area contributed by atoms with Crippen LogP contribution in [0.4, 0.5) is 15.8 Å². The molecule has 1 aliphatic carbocycles. The maximum Gasteiger partial charge on any atom is 0.154 e. The molecule has 1 aromatic carbocycles. The van der Waals surface area contributed by atoms with Gasteiger partial charge in [0.25, 0.3) is 0 Å². The van der Waals surface area contributed by atoms with E-state index >= 15 is 0 Å². The van der Waals surface area contributed by atoms with E-state index in [-0.39, 0.29) is 11.8 Å². The Balaban J connectivity index is 0.000000309. The van der Waals surface area contributed by atoms with Crippen molar-refractivity contribution < 1.29 is 9.50 Å². The van der Waals surface area contributed by atoms with Crippen molar-refractivity contribution in [2.24, 2.45) is 5.73 Å². The SMILES string of the molecule is C=C.Cc1cc2cc(-c3cnc4c(c3C)NCCC4)c(F)c(N)c2cn1.NC1CC(O)C1. The molecule has 1 aliphatic heterocycles. The van der Waals surface area contributed by atoms with Crippen molar-refractivity contribution in [2.75, 3.05) is 17.6 Å². The molecule has 1 saturated carbocycles. The third kappa shape index (κ3) is 4.74. The molecule has 2 aromatic heterocycles. The molecule has 0 bridgehead atoms. The number of pyridine rings is 2. The maximum absolute atomic E-state index is 14.9. The Labute approximate surface area is 188 Å². The number of hydrogen-bond donors (Lipinski definition) is 4. The molecule has 3 aromatic rings. The lowest BCUT2D eigenvalue weighted by molar-refractivity contribution is 0.0770. The highest BCUT2D eigenvalue weighted by atomic mass is 19.1. The predicted octanol–water partition coefficient (Wildman–Crippen LogP) is 4.26. The Morgan fingerprint density at radius 3 is 2.47 bits per heavy atom. The van der Waals surface area contributed by atoms with Crippen LogP contribution in [0, 0.1) is 19.7 Å². The van der Waals surface area contributed by atoms with Gasteiger partial charge in [0.1, 0.15) is 0 Å². The minimum absolute atomic E-state index is 0.0833. The van der Waals surface area contributed by atoms with Gasteiger partial charge in [-0.25, -0.2) is 4.39 Å². The van der Waals surface area contributed by atoms with Gasteiger partial charge in [-0.1, -0.05) is 0 Å². The third-order valence-electron chi connectivity index (χ3n) is 5.88. The molecule has 6 nitrogen and oxygen atoms in total. The number of anilines is 2. The van der Waals surface area contributed by atoms with Crippen molar-refractivity contribution in [3.05, 3.63) is 60.5 Å². The van der Waals surface area contributed by atoms with Gasteiger partial charge < -0.3 is 21.9 Å². The van der Waals surface area contributed by atoms with Gasteiger partial charge in [-0.3, -0.25) is 9.97 Å². The van der Waals surface area contributed by atoms with E-state index in [1.807, 2.05) is 26.0 Å². The second kappa shape index (κ2) is 10.1. The van der Waals surface area contributed by atoms with Crippen molar-refractivity contribution >= 4 is 22.1 Å². The van der Waals surface area contributed by atoms with Gasteiger partial charge >= 0.3 is 0 Å². The van der Waals surface area contributed by atoms with Crippen molar-refractivity contribution in [2.45, 2.75) is 51.7 Å². The molecule has 0 saturated heterocycles. The van der Waals surface area contributed by atoms with E-state index in [9.17, 15) is 4.39 Å². The van der Waals surface area contributed by atoms with Gasteiger partial charge in [0.05, 0.1) is 23.2 Å². The number of nitrogen functional groups attached to an aromatic ring is 1. The third-order valence-corrected chi connectivity index (χ3v) is 5.88. The lowest BCUT2D eigenvalue weighted by Gasteiger charge is -2.26. The monoisotopic (exact) mass is 437 g/mol. The number of rotatable bonds is 1. The molecule has 2 aliphatic rings. The average Bonchev–Trinajstić information content (AvgIpc) is 2.78. The Hall–Kier alpha value is -3.03. The van der Waals surface area contributed by atoms with E-state index in [2.05, 4.69) is 28.4 Å². The summed E-state index contributed by atoms with van der Waals surface area (Å²) in [5, 5.41) is 13.5. The first-order chi connectivity index (χ1) is 15.3. The van der Waals surface area contributed by atoms with E-state index < -0.39 is 5.82 Å². The van der Waals surface area contributed by atoms with Crippen LogP contribution in [0.2, 0.25) is 0 Å². The van der Waals surface area contributed by atoms with Gasteiger partial charge in [0.15, 0.2) is 5.82 Å². The number of aliphatic hydroxyl groups is 1. The fraction of sp³-hybridized carbons (Fsp3) is 0.360. The molecule has 0 atom stereocenters. The molecule has 5 rings (SSSR count). The predicted molar refractivity (Wildman–Crippen MR) is 130 cm³/mol. The Bertz CT molecular complexity index is 1110. The van der Waals surface area contributed by atoms with Gasteiger partial charge in [0.2, 0.25) is 0 Å². The first-order valence-electron chi connectivity index (χ1n) is 10.9. The van der Waals surface area contributed by atoms with Crippen molar-refractivity contribution in [3.63, 3.8) is 0 Å². The molecular formula is C25H32FN5O. The Morgan fingerprint density at radius 2 is 1.84 bits per heavy atom. The molecule has 0 spiro atoms. The van der Waals surface area contributed by atoms with Crippen LogP contribution in [0.25, 0.3) is 21.9 Å². The zero-order chi connectivity index (χ0) is 23.4. The molecule has 0 unspecified atom stereocenters. The maximum atomic E-state index is 14.9. The lowest BCUT2D eigenvalue weighted by Crippen LogP contribution is -2.39. The number of nitrogens with zero attached hydrogens (tertiary/aromatic N) is 2. The van der Waals surface area contributed by atoms with Crippen molar-refractivity contribution in [1.29, 1.82) is 0 Å². The smallest absolute Gasteiger partial charge is 0.154 e. The minimum atomic E-state index is -0.409. The van der Waals surface area contributed by atoms with Gasteiger partial charge in [-0.2, -0.15) is 0 Å². The van der Waals surface area contributed by atoms with Gasteiger partial charge in [0, 0.05) is 47.2 Å². The summed E-state index contributed by atoms with van der Waals surface area (Å²) in [7, 11) is 0. The van der Waals surface area contributed by atoms with Gasteiger partial charge in [-0.05, 0) is 62.6 Å². The van der Waals surface area contributed by atoms with Crippen molar-refractivity contribution in [1.82, 2.24) is 9.97 Å². The molecular weight excluding hydrogens is 405 g/mol. The second-order valence-corrected chi connectivity index (χ2v) is 8.23. The fourth-order valence-corrected chi connectivity index (χ4v) is 4.05. The Morgan fingerprint density at radius 1 is 1.12 bits per heavy atom. The number of aromatic nitrogens is 2. The first kappa shape index (κ1) is 23.6. The van der Waals surface area contributed by atoms with Crippen LogP contribution in [0.3, 0.4) is 0 Å². The second-order valence-electron chi connectivity index (χ2n) is 8.23. The van der Waals surface area contributed by atoms with Crippen LogP contribution in [-0.2, 0) is 6.42 Å². The van der Waals surface area contributed by atoms with Crippen molar-refractivity contribution in [3.8, 4) is 11.1 Å². The Kier molecular flexibility index (Phi) is 7.43. The van der Waals surface area contributed by atoms with E-state index in [0.29, 0.717) is 17.0 Å². The van der Waals surface area contributed by atoms with Crippen LogP contribution in [-0.4, -0.2) is 33.8 Å². The topological polar surface area (TPSA) is 110 Å². The highest BCUT2D eigenvalue weighted by molar-refractivity contribution is 5.97. The lowest BCUT2D eigenvalue weighted by atomic mass is 9.91. The molecule has 0 radical (unpaired) electrons. The molecule has 0 amide bonds. The number of aryl methyl sites for hydroxylation is 2. The summed E-state index contributed by atoms with van der Waals surface area (Å²) in [5.41, 5.74) is 16.7. The summed E-state index contributed by atoms with van der Waals surface area (Å²) in [6, 6.07) is 4.06. The minimum Gasteiger partial charge on any atom is -0.396 e. The van der Waals surface area contributed by atoms with Gasteiger partial charge in [-0.15, -0.1) is 13.2 Å². The molecule has 170 valence electrons. The summed E-state index contributed by atoms with van der Waals surface area (Å²) in [5.74, 6) is -0.409. The average molecular weight is 438 g/mol. The van der Waals surface area contributed by atoms with Crippen LogP contribution < -0.4 is 16.8 Å². The summed E-state index contributed by atoms with van der Waals surface area (Å²) < 4.78 is 14.9. The first-order valence-corrected chi connectivity index (χ1v) is 10.9. The van der Waals surface area contributed by atoms with E-state index in [0.717, 1.165) is 65.8 Å². The molecule has 7 heteroatoms. The largest absolute Gasteiger partial charge is 0.396 e. The number of benzene rings is 1. The summed E-state index contributed by atoms with van der Waals surface area (Å²) in [6.45, 7) is 10.8. The standard InChI is InChI=1S/C19H19FN4.C4H9NO.C2H4/c1-10-6-12-7-13(17(20)18(21)15(12)9-23-10)14-8-24-16-4-3-5-22-19(16)11(14)2;5-3-1-4(6)2-3;1-2/h6-9,22H,3-5,21H2,1-2H3;3-4,6H,1-2,5H2;1-2H2. The number of nitrogens with two attached hydrogens (primary N) is 2. The number of halogens is 1. The highest BCUT2D eigenvalue weighted by Crippen LogP contribution is 2.37. The fourth-order valence-electron chi connectivity index (χ4n) is 4.05. The molecule has 3 heterocycles. The van der Waals surface area contributed by atoms with E-state index in [1.54, 1.807) is 12.4 Å². The van der Waals surface area contributed by atoms with Crippen LogP contribution >= 0.6 is 0 Å². The molecule has 32 heavy (non-hydrogen) atoms. The number of aliphatic hydroxyl groups excluding tert-OH is 1. The van der Waals surface area contributed by atoms with Crippen LogP contribution in [0.5, 0.6) is 0 Å². The molecule has 6 N–H and O–H groups in total. The van der Waals surface area contributed by atoms with E-state index in [1.165, 1.54) is 0 Å². The number of nitrogens with one attached hydrogen (secondary N) is 1. The van der Waals surface area contributed by atoms with E-state index in [4.69, 9.17) is 16.6 Å². The summed E-state index contributed by atoms with van der Waals surface area (Å²) >= 11 is 0. The molecule has 1 fully saturated rings. The van der Waals surface area contributed by atoms with Crippen LogP contribution in [0.15, 0.2) is 37.7 Å². The highest BCUT2D eigenvalue weighted by Gasteiger charge is 2.22. The number of fused-ring (bicyclic) bond motifs is 2. The summed E-state index contributed by atoms with van der Waals surface area (Å²) in [6.07, 6.45) is 6.95. The number of hydrogen-bond acceptors (Lipinski definition) is 6. The quantitative estimate of drug-likeness (QED) is 0.334. The zero-order valence-electron chi connectivity index (χ0n) is 18.8. The zero-order valence-corrected chi connectivity index (χ0v) is 18.8. The normalized spacial score (nSPS) is 18.8. The summed E-state index contributed by atoms with van der Waals surface area (Å²) in [4.78, 5) is 8.76. The van der Waals surface area contributed by atoms with Crippen LogP contribution in [0.1, 0.15) is 36.2 Å².